The Kier molecular flexibility index (Phi) is 4.29. The number of hydrazone groups is 1. The zero-order valence-corrected chi connectivity index (χ0v) is 13.0. The van der Waals surface area contributed by atoms with Crippen LogP contribution in [0.5, 0.6) is 0 Å². The third-order valence-electron chi connectivity index (χ3n) is 4.26. The third-order valence-corrected chi connectivity index (χ3v) is 4.26. The fraction of sp³-hybridized carbons (Fsp3) is 0.438. The van der Waals surface area contributed by atoms with E-state index in [0.717, 1.165) is 0 Å². The number of nitrogens with zero attached hydrogens (tertiary/aromatic N) is 2. The lowest BCUT2D eigenvalue weighted by molar-refractivity contribution is -0.138. The van der Waals surface area contributed by atoms with Gasteiger partial charge in [0.25, 0.3) is 0 Å². The van der Waals surface area contributed by atoms with Gasteiger partial charge < -0.3 is 4.74 Å². The second-order valence-corrected chi connectivity index (χ2v) is 5.55. The molecule has 0 radical (unpaired) electrons. The van der Waals surface area contributed by atoms with Crippen molar-refractivity contribution in [1.82, 2.24) is 15.6 Å². The molecule has 2 amide bonds. The summed E-state index contributed by atoms with van der Waals surface area (Å²) in [6.45, 7) is 4.26. The molecule has 0 unspecified atom stereocenters. The first kappa shape index (κ1) is 15.5. The molecule has 2 aliphatic rings. The number of carbonyl (C=O) groups is 2. The Labute approximate surface area is 134 Å². The van der Waals surface area contributed by atoms with Crippen LogP contribution in [0.25, 0.3) is 0 Å². The minimum atomic E-state index is -1.22. The summed E-state index contributed by atoms with van der Waals surface area (Å²) in [5.74, 6) is -0.508. The van der Waals surface area contributed by atoms with Crippen LogP contribution >= 0.6 is 0 Å². The first-order chi connectivity index (χ1) is 11.2. The van der Waals surface area contributed by atoms with E-state index in [9.17, 15) is 9.59 Å². The summed E-state index contributed by atoms with van der Waals surface area (Å²) in [5.41, 5.74) is -0.534. The molecule has 0 bridgehead atoms. The van der Waals surface area contributed by atoms with E-state index >= 15 is 0 Å². The number of ether oxygens (including phenoxy) is 1. The van der Waals surface area contributed by atoms with Crippen LogP contribution in [-0.2, 0) is 19.7 Å². The highest BCUT2D eigenvalue weighted by atomic mass is 16.5. The molecule has 2 N–H and O–H groups in total. The second-order valence-electron chi connectivity index (χ2n) is 5.55. The minimum absolute atomic E-state index is 0.182. The lowest BCUT2D eigenvalue weighted by Crippen LogP contribution is -2.65. The van der Waals surface area contributed by atoms with Crippen molar-refractivity contribution in [3.8, 4) is 0 Å². The molecular weight excluding hydrogens is 296 g/mol. The maximum absolute atomic E-state index is 12.7. The Balaban J connectivity index is 1.85. The fourth-order valence-corrected chi connectivity index (χ4v) is 2.92. The van der Waals surface area contributed by atoms with Gasteiger partial charge in [-0.05, 0) is 12.0 Å². The monoisotopic (exact) mass is 316 g/mol. The van der Waals surface area contributed by atoms with E-state index in [4.69, 9.17) is 4.74 Å². The number of amides is 2. The molecule has 0 atom stereocenters. The molecular formula is C16H20N4O3. The van der Waals surface area contributed by atoms with Crippen LogP contribution in [0.4, 0.5) is 0 Å². The normalized spacial score (nSPS) is 24.9. The number of hydrogen-bond donors (Lipinski definition) is 2. The van der Waals surface area contributed by atoms with E-state index in [1.54, 1.807) is 17.1 Å². The number of rotatable bonds is 3. The molecule has 2 saturated heterocycles. The van der Waals surface area contributed by atoms with Crippen molar-refractivity contribution >= 4 is 17.8 Å². The summed E-state index contributed by atoms with van der Waals surface area (Å²) in [7, 11) is 0. The largest absolute Gasteiger partial charge is 0.378 e. The molecule has 1 aromatic carbocycles. The molecule has 7 heteroatoms. The number of hydrogen-bond acceptors (Lipinski definition) is 5. The van der Waals surface area contributed by atoms with E-state index in [2.05, 4.69) is 15.7 Å². The van der Waals surface area contributed by atoms with Crippen LogP contribution in [0.3, 0.4) is 0 Å². The van der Waals surface area contributed by atoms with Crippen LogP contribution in [0.1, 0.15) is 18.9 Å². The maximum Gasteiger partial charge on any atom is 0.246 e. The van der Waals surface area contributed by atoms with Gasteiger partial charge in [0.1, 0.15) is 0 Å². The van der Waals surface area contributed by atoms with Crippen LogP contribution in [-0.4, -0.2) is 49.1 Å². The molecule has 3 rings (SSSR count). The average molecular weight is 316 g/mol. The molecule has 2 fully saturated rings. The van der Waals surface area contributed by atoms with E-state index in [1.165, 1.54) is 0 Å². The first-order valence-corrected chi connectivity index (χ1v) is 7.76. The van der Waals surface area contributed by atoms with Gasteiger partial charge in [0.05, 0.1) is 26.3 Å². The van der Waals surface area contributed by atoms with Crippen LogP contribution in [0, 0.1) is 0 Å². The Morgan fingerprint density at radius 2 is 1.74 bits per heavy atom. The minimum Gasteiger partial charge on any atom is -0.378 e. The predicted octanol–water partition coefficient (Wildman–Crippen LogP) is 0.184. The molecule has 0 saturated carbocycles. The van der Waals surface area contributed by atoms with Gasteiger partial charge in [-0.3, -0.25) is 25.2 Å². The van der Waals surface area contributed by atoms with E-state index < -0.39 is 5.41 Å². The van der Waals surface area contributed by atoms with E-state index in [-0.39, 0.29) is 17.8 Å². The Hall–Kier alpha value is -2.41. The molecule has 122 valence electrons. The summed E-state index contributed by atoms with van der Waals surface area (Å²) in [5, 5.41) is 11.5. The van der Waals surface area contributed by atoms with Crippen molar-refractivity contribution in [1.29, 1.82) is 0 Å². The smallest absolute Gasteiger partial charge is 0.246 e. The van der Waals surface area contributed by atoms with Gasteiger partial charge in [0.2, 0.25) is 17.8 Å². The van der Waals surface area contributed by atoms with Crippen molar-refractivity contribution in [2.45, 2.75) is 18.8 Å². The van der Waals surface area contributed by atoms with E-state index in [1.807, 2.05) is 25.1 Å². The topological polar surface area (TPSA) is 83.0 Å². The van der Waals surface area contributed by atoms with Gasteiger partial charge in [0, 0.05) is 0 Å². The van der Waals surface area contributed by atoms with Gasteiger partial charge in [-0.15, -0.1) is 5.10 Å². The van der Waals surface area contributed by atoms with Crippen molar-refractivity contribution in [3.05, 3.63) is 35.9 Å². The Morgan fingerprint density at radius 3 is 2.30 bits per heavy atom. The fourth-order valence-electron chi connectivity index (χ4n) is 2.92. The van der Waals surface area contributed by atoms with Crippen molar-refractivity contribution < 1.29 is 14.3 Å². The van der Waals surface area contributed by atoms with Crippen LogP contribution in [0.2, 0.25) is 0 Å². The summed E-state index contributed by atoms with van der Waals surface area (Å²) < 4.78 is 5.25. The van der Waals surface area contributed by atoms with Gasteiger partial charge in [-0.1, -0.05) is 37.3 Å². The molecule has 1 aromatic rings. The molecule has 0 spiro atoms. The molecule has 0 aromatic heterocycles. The zero-order valence-electron chi connectivity index (χ0n) is 13.0. The van der Waals surface area contributed by atoms with Crippen molar-refractivity contribution in [3.63, 3.8) is 0 Å². The van der Waals surface area contributed by atoms with Crippen LogP contribution in [0.15, 0.2) is 35.4 Å². The number of nitrogens with one attached hydrogen (secondary N) is 2. The first-order valence-electron chi connectivity index (χ1n) is 7.76. The van der Waals surface area contributed by atoms with Crippen LogP contribution < -0.4 is 10.6 Å². The molecule has 7 nitrogen and oxygen atoms in total. The standard InChI is InChI=1S/C16H20N4O3/c1-2-16(12-6-4-3-5-7-12)13(21)17-15(18-14(16)22)19-20-8-10-23-11-9-20/h3-7H,2,8-11H2,1H3,(H2,17,18,19,21,22). The SMILES string of the molecule is CCC1(c2ccccc2)C(=O)NC(=NN2CCOCC2)NC1=O. The maximum atomic E-state index is 12.7. The van der Waals surface area contributed by atoms with Crippen molar-refractivity contribution in [2.24, 2.45) is 5.10 Å². The molecule has 0 aliphatic carbocycles. The average Bonchev–Trinajstić information content (AvgIpc) is 2.57. The quantitative estimate of drug-likeness (QED) is 0.780. The summed E-state index contributed by atoms with van der Waals surface area (Å²) in [6.07, 6.45) is 0.375. The highest BCUT2D eigenvalue weighted by Gasteiger charge is 2.49. The lowest BCUT2D eigenvalue weighted by Gasteiger charge is -2.35. The number of benzene rings is 1. The summed E-state index contributed by atoms with van der Waals surface area (Å²) in [6, 6.07) is 9.10. The molecule has 2 heterocycles. The predicted molar refractivity (Wildman–Crippen MR) is 84.5 cm³/mol. The van der Waals surface area contributed by atoms with Gasteiger partial charge in [0.15, 0.2) is 5.41 Å². The Bertz CT molecular complexity index is 603. The summed E-state index contributed by atoms with van der Waals surface area (Å²) in [4.78, 5) is 25.4. The zero-order chi connectivity index (χ0) is 16.3. The van der Waals surface area contributed by atoms with E-state index in [0.29, 0.717) is 38.3 Å². The lowest BCUT2D eigenvalue weighted by atomic mass is 9.75. The summed E-state index contributed by atoms with van der Waals surface area (Å²) >= 11 is 0. The number of guanidine groups is 1. The number of morpholine rings is 1. The van der Waals surface area contributed by atoms with Gasteiger partial charge in [-0.2, -0.15) is 0 Å². The third kappa shape index (κ3) is 2.79. The van der Waals surface area contributed by atoms with Crippen molar-refractivity contribution in [2.75, 3.05) is 26.3 Å². The van der Waals surface area contributed by atoms with Gasteiger partial charge >= 0.3 is 0 Å². The van der Waals surface area contributed by atoms with Gasteiger partial charge in [-0.25, -0.2) is 0 Å². The number of carbonyl (C=O) groups excluding carboxylic acids is 2. The molecule has 2 aliphatic heterocycles. The molecule has 23 heavy (non-hydrogen) atoms. The Morgan fingerprint density at radius 1 is 1.13 bits per heavy atom. The highest BCUT2D eigenvalue weighted by molar-refractivity contribution is 6.23. The highest BCUT2D eigenvalue weighted by Crippen LogP contribution is 2.30. The second kappa shape index (κ2) is 6.37.